The van der Waals surface area contributed by atoms with Crippen molar-refractivity contribution in [2.75, 3.05) is 13.1 Å². The van der Waals surface area contributed by atoms with Gasteiger partial charge < -0.3 is 9.64 Å². The van der Waals surface area contributed by atoms with Gasteiger partial charge in [-0.1, -0.05) is 22.9 Å². The number of carbonyl (C=O) groups is 1. The number of aryl methyl sites for hydroxylation is 1. The first kappa shape index (κ1) is 22.2. The fourth-order valence-corrected chi connectivity index (χ4v) is 5.45. The van der Waals surface area contributed by atoms with Crippen molar-refractivity contribution in [3.8, 4) is 10.4 Å². The molecule has 1 aromatic carbocycles. The number of ether oxygens (including phenoxy) is 1. The zero-order valence-corrected chi connectivity index (χ0v) is 20.5. The number of nitrogens with zero attached hydrogens (tertiary/aromatic N) is 5. The molecule has 5 rings (SSSR count). The summed E-state index contributed by atoms with van der Waals surface area (Å²) in [7, 11) is 1.78. The Morgan fingerprint density at radius 1 is 1.24 bits per heavy atom. The molecule has 1 aliphatic rings. The molecule has 0 atom stereocenters. The summed E-state index contributed by atoms with van der Waals surface area (Å²) < 4.78 is 24.0. The smallest absolute Gasteiger partial charge is 0.410 e. The molecule has 3 aromatic heterocycles. The summed E-state index contributed by atoms with van der Waals surface area (Å²) in [5, 5.41) is 5.06. The van der Waals surface area contributed by atoms with Crippen molar-refractivity contribution in [2.24, 2.45) is 7.05 Å². The molecule has 33 heavy (non-hydrogen) atoms. The minimum Gasteiger partial charge on any atom is -0.444 e. The lowest BCUT2D eigenvalue weighted by Gasteiger charge is -2.32. The van der Waals surface area contributed by atoms with Gasteiger partial charge in [0, 0.05) is 55.6 Å². The number of rotatable bonds is 2. The van der Waals surface area contributed by atoms with Gasteiger partial charge in [-0.2, -0.15) is 5.10 Å². The van der Waals surface area contributed by atoms with Gasteiger partial charge >= 0.3 is 6.09 Å². The van der Waals surface area contributed by atoms with Gasteiger partial charge in [-0.25, -0.2) is 14.2 Å². The second-order valence-corrected chi connectivity index (χ2v) is 10.9. The quantitative estimate of drug-likeness (QED) is 0.354. The molecule has 1 aliphatic heterocycles. The van der Waals surface area contributed by atoms with Crippen LogP contribution in [0.1, 0.15) is 45.2 Å². The van der Waals surface area contributed by atoms with Gasteiger partial charge in [-0.15, -0.1) is 0 Å². The van der Waals surface area contributed by atoms with E-state index < -0.39 is 11.4 Å². The van der Waals surface area contributed by atoms with E-state index >= 15 is 0 Å². The van der Waals surface area contributed by atoms with Gasteiger partial charge in [0.15, 0.2) is 10.8 Å². The number of benzene rings is 1. The van der Waals surface area contributed by atoms with Gasteiger partial charge in [0.25, 0.3) is 0 Å². The van der Waals surface area contributed by atoms with E-state index in [1.165, 1.54) is 11.3 Å². The third kappa shape index (κ3) is 4.19. The third-order valence-corrected chi connectivity index (χ3v) is 7.17. The summed E-state index contributed by atoms with van der Waals surface area (Å²) in [6.45, 7) is 6.91. The molecule has 1 saturated heterocycles. The zero-order chi connectivity index (χ0) is 23.5. The highest BCUT2D eigenvalue weighted by Crippen LogP contribution is 2.38. The summed E-state index contributed by atoms with van der Waals surface area (Å²) in [6.07, 6.45) is 7.12. The molecule has 4 heterocycles. The number of hydrogen-bond donors (Lipinski definition) is 0. The number of imidazole rings is 1. The topological polar surface area (TPSA) is 64.7 Å². The largest absolute Gasteiger partial charge is 0.444 e. The summed E-state index contributed by atoms with van der Waals surface area (Å²) in [5.41, 5.74) is 1.41. The second kappa shape index (κ2) is 7.99. The normalized spacial score (nSPS) is 15.6. The third-order valence-electron chi connectivity index (χ3n) is 5.80. The van der Waals surface area contributed by atoms with Crippen LogP contribution in [-0.4, -0.2) is 48.8 Å². The minimum atomic E-state index is -0.495. The van der Waals surface area contributed by atoms with Gasteiger partial charge in [-0.05, 0) is 39.7 Å². The van der Waals surface area contributed by atoms with Crippen molar-refractivity contribution >= 4 is 44.9 Å². The lowest BCUT2D eigenvalue weighted by Crippen LogP contribution is -2.41. The van der Waals surface area contributed by atoms with E-state index in [9.17, 15) is 9.18 Å². The molecule has 0 spiro atoms. The molecule has 1 fully saturated rings. The summed E-state index contributed by atoms with van der Waals surface area (Å²) in [6, 6.07) is 1.78. The SMILES string of the molecule is Cn1cc2cc(-c3cn4cc(C5CCN(C(=O)OC(C)(C)C)CC5)nc4s3)c(F)c(Cl)c2n1. The van der Waals surface area contributed by atoms with Crippen molar-refractivity contribution in [1.82, 2.24) is 24.1 Å². The summed E-state index contributed by atoms with van der Waals surface area (Å²) >= 11 is 7.68. The van der Waals surface area contributed by atoms with Crippen LogP contribution in [0.15, 0.2) is 24.7 Å². The van der Waals surface area contributed by atoms with E-state index in [4.69, 9.17) is 21.3 Å². The van der Waals surface area contributed by atoms with Crippen molar-refractivity contribution in [3.05, 3.63) is 41.2 Å². The molecule has 0 saturated carbocycles. The molecule has 0 aliphatic carbocycles. The molecular formula is C23H25ClFN5O2S. The standard InChI is InChI=1S/C23H25ClFN5O2S/c1-23(2,3)32-22(31)29-7-5-13(6-8-29)16-11-30-12-17(33-21(30)26-16)15-9-14-10-28(4)27-20(14)18(24)19(15)25/h9-13H,5-8H2,1-4H3. The Morgan fingerprint density at radius 2 is 1.97 bits per heavy atom. The first-order chi connectivity index (χ1) is 15.6. The highest BCUT2D eigenvalue weighted by atomic mass is 35.5. The number of piperidine rings is 1. The predicted octanol–water partition coefficient (Wildman–Crippen LogP) is 5.86. The fraction of sp³-hybridized carbons (Fsp3) is 0.435. The van der Waals surface area contributed by atoms with Gasteiger partial charge in [0.1, 0.15) is 16.1 Å². The Morgan fingerprint density at radius 3 is 2.64 bits per heavy atom. The first-order valence-corrected chi connectivity index (χ1v) is 12.1. The van der Waals surface area contributed by atoms with E-state index in [-0.39, 0.29) is 17.0 Å². The number of fused-ring (bicyclic) bond motifs is 2. The van der Waals surface area contributed by atoms with E-state index in [0.717, 1.165) is 33.8 Å². The van der Waals surface area contributed by atoms with Crippen LogP contribution in [0.5, 0.6) is 0 Å². The molecule has 4 aromatic rings. The number of carbonyl (C=O) groups excluding carboxylic acids is 1. The molecule has 0 N–H and O–H groups in total. The highest BCUT2D eigenvalue weighted by molar-refractivity contribution is 7.20. The Labute approximate surface area is 199 Å². The van der Waals surface area contributed by atoms with Crippen molar-refractivity contribution in [3.63, 3.8) is 0 Å². The average molecular weight is 490 g/mol. The van der Waals surface area contributed by atoms with E-state index in [2.05, 4.69) is 5.10 Å². The van der Waals surface area contributed by atoms with Crippen LogP contribution in [0.25, 0.3) is 26.3 Å². The van der Waals surface area contributed by atoms with Gasteiger partial charge in [-0.3, -0.25) is 9.08 Å². The predicted molar refractivity (Wildman–Crippen MR) is 128 cm³/mol. The van der Waals surface area contributed by atoms with Crippen molar-refractivity contribution in [1.29, 1.82) is 0 Å². The number of aromatic nitrogens is 4. The van der Waals surface area contributed by atoms with Crippen LogP contribution >= 0.6 is 22.9 Å². The summed E-state index contributed by atoms with van der Waals surface area (Å²) in [4.78, 5) is 20.4. The highest BCUT2D eigenvalue weighted by Gasteiger charge is 2.29. The van der Waals surface area contributed by atoms with E-state index in [0.29, 0.717) is 24.2 Å². The number of thiazole rings is 1. The molecule has 10 heteroatoms. The van der Waals surface area contributed by atoms with Crippen LogP contribution in [-0.2, 0) is 11.8 Å². The molecule has 0 unspecified atom stereocenters. The fourth-order valence-electron chi connectivity index (χ4n) is 4.22. The molecular weight excluding hydrogens is 465 g/mol. The van der Waals surface area contributed by atoms with Crippen LogP contribution in [0.4, 0.5) is 9.18 Å². The zero-order valence-electron chi connectivity index (χ0n) is 18.9. The lowest BCUT2D eigenvalue weighted by atomic mass is 9.94. The van der Waals surface area contributed by atoms with Crippen molar-refractivity contribution in [2.45, 2.75) is 45.1 Å². The van der Waals surface area contributed by atoms with Crippen LogP contribution < -0.4 is 0 Å². The Kier molecular flexibility index (Phi) is 5.36. The Balaban J connectivity index is 1.34. The Bertz CT molecular complexity index is 1330. The van der Waals surface area contributed by atoms with Gasteiger partial charge in [0.05, 0.1) is 10.6 Å². The maximum atomic E-state index is 15.0. The monoisotopic (exact) mass is 489 g/mol. The minimum absolute atomic E-state index is 0.0339. The molecule has 0 radical (unpaired) electrons. The lowest BCUT2D eigenvalue weighted by molar-refractivity contribution is 0.0204. The maximum Gasteiger partial charge on any atom is 0.410 e. The number of likely N-dealkylation sites (tertiary alicyclic amines) is 1. The Hall–Kier alpha value is -2.65. The molecule has 0 bridgehead atoms. The van der Waals surface area contributed by atoms with Crippen LogP contribution in [0, 0.1) is 5.82 Å². The number of amides is 1. The van der Waals surface area contributed by atoms with Gasteiger partial charge in [0.2, 0.25) is 0 Å². The van der Waals surface area contributed by atoms with Crippen LogP contribution in [0.3, 0.4) is 0 Å². The average Bonchev–Trinajstić information content (AvgIpc) is 3.42. The molecule has 1 amide bonds. The van der Waals surface area contributed by atoms with E-state index in [1.54, 1.807) is 22.7 Å². The molecule has 174 valence electrons. The van der Waals surface area contributed by atoms with E-state index in [1.807, 2.05) is 43.8 Å². The summed E-state index contributed by atoms with van der Waals surface area (Å²) in [5.74, 6) is -0.195. The second-order valence-electron chi connectivity index (χ2n) is 9.49. The van der Waals surface area contributed by atoms with Crippen LogP contribution in [0.2, 0.25) is 5.02 Å². The number of halogens is 2. The number of hydrogen-bond acceptors (Lipinski definition) is 5. The first-order valence-electron chi connectivity index (χ1n) is 10.9. The maximum absolute atomic E-state index is 15.0. The molecule has 7 nitrogen and oxygen atoms in total. The van der Waals surface area contributed by atoms with Crippen molar-refractivity contribution < 1.29 is 13.9 Å².